The van der Waals surface area contributed by atoms with Gasteiger partial charge in [0.05, 0.1) is 12.1 Å². The number of ether oxygens (including phenoxy) is 1. The van der Waals surface area contributed by atoms with Gasteiger partial charge in [0.25, 0.3) is 0 Å². The molecule has 0 unspecified atom stereocenters. The highest BCUT2D eigenvalue weighted by Crippen LogP contribution is 2.12. The molecule has 0 aromatic heterocycles. The van der Waals surface area contributed by atoms with E-state index < -0.39 is 0 Å². The lowest BCUT2D eigenvalue weighted by Crippen LogP contribution is -2.27. The Balaban J connectivity index is 1.87. The maximum absolute atomic E-state index is 12.0. The predicted octanol–water partition coefficient (Wildman–Crippen LogP) is 3.68. The van der Waals surface area contributed by atoms with Gasteiger partial charge in [0.15, 0.2) is 0 Å². The first-order valence-electron chi connectivity index (χ1n) is 7.24. The highest BCUT2D eigenvalue weighted by Gasteiger charge is 2.08. The summed E-state index contributed by atoms with van der Waals surface area (Å²) in [5.74, 6) is -0.261. The third-order valence-corrected chi connectivity index (χ3v) is 3.35. The Morgan fingerprint density at radius 1 is 1.10 bits per heavy atom. The van der Waals surface area contributed by atoms with Gasteiger partial charge in [0, 0.05) is 12.2 Å². The van der Waals surface area contributed by atoms with Crippen LogP contribution in [0.4, 0.5) is 5.69 Å². The Kier molecular flexibility index (Phi) is 5.38. The summed E-state index contributed by atoms with van der Waals surface area (Å²) in [7, 11) is 0. The molecule has 0 spiro atoms. The maximum atomic E-state index is 12.0. The molecule has 0 amide bonds. The van der Waals surface area contributed by atoms with Crippen molar-refractivity contribution in [2.45, 2.75) is 13.8 Å². The molecule has 2 aromatic carbocycles. The molecule has 110 valence electrons. The van der Waals surface area contributed by atoms with Crippen LogP contribution in [0, 0.1) is 6.92 Å². The molecule has 0 heterocycles. The molecule has 0 N–H and O–H groups in total. The lowest BCUT2D eigenvalue weighted by atomic mass is 10.1. The zero-order valence-corrected chi connectivity index (χ0v) is 12.6. The smallest absolute Gasteiger partial charge is 0.338 e. The summed E-state index contributed by atoms with van der Waals surface area (Å²) >= 11 is 0. The van der Waals surface area contributed by atoms with E-state index in [4.69, 9.17) is 4.74 Å². The normalized spacial score (nSPS) is 10.2. The first kappa shape index (κ1) is 15.1. The van der Waals surface area contributed by atoms with Crippen LogP contribution in [0.5, 0.6) is 0 Å². The van der Waals surface area contributed by atoms with Crippen molar-refractivity contribution in [1.82, 2.24) is 0 Å². The number of esters is 1. The monoisotopic (exact) mass is 283 g/mol. The van der Waals surface area contributed by atoms with Crippen molar-refractivity contribution >= 4 is 11.7 Å². The van der Waals surface area contributed by atoms with Gasteiger partial charge in [-0.1, -0.05) is 35.9 Å². The second kappa shape index (κ2) is 7.48. The minimum Gasteiger partial charge on any atom is -0.460 e. The van der Waals surface area contributed by atoms with Crippen LogP contribution >= 0.6 is 0 Å². The van der Waals surface area contributed by atoms with Crippen molar-refractivity contribution in [3.63, 3.8) is 0 Å². The van der Waals surface area contributed by atoms with Gasteiger partial charge < -0.3 is 9.64 Å². The van der Waals surface area contributed by atoms with Crippen molar-refractivity contribution in [2.75, 3.05) is 24.6 Å². The number of nitrogens with zero attached hydrogens (tertiary/aromatic N) is 1. The molecule has 21 heavy (non-hydrogen) atoms. The zero-order chi connectivity index (χ0) is 15.1. The van der Waals surface area contributed by atoms with E-state index in [1.54, 1.807) is 6.07 Å². The summed E-state index contributed by atoms with van der Waals surface area (Å²) in [5, 5.41) is 0. The summed E-state index contributed by atoms with van der Waals surface area (Å²) in [5.41, 5.74) is 2.81. The van der Waals surface area contributed by atoms with Gasteiger partial charge in [-0.25, -0.2) is 4.79 Å². The number of aryl methyl sites for hydroxylation is 1. The number of likely N-dealkylation sites (N-methyl/N-ethyl adjacent to an activating group) is 1. The van der Waals surface area contributed by atoms with E-state index in [9.17, 15) is 4.79 Å². The van der Waals surface area contributed by atoms with Crippen molar-refractivity contribution in [3.05, 3.63) is 65.7 Å². The van der Waals surface area contributed by atoms with Crippen molar-refractivity contribution in [3.8, 4) is 0 Å². The van der Waals surface area contributed by atoms with E-state index in [0.29, 0.717) is 18.7 Å². The second-order valence-electron chi connectivity index (χ2n) is 4.92. The summed E-state index contributed by atoms with van der Waals surface area (Å²) < 4.78 is 5.36. The molecule has 0 aliphatic heterocycles. The van der Waals surface area contributed by atoms with Crippen LogP contribution in [0.3, 0.4) is 0 Å². The quantitative estimate of drug-likeness (QED) is 0.757. The number of anilines is 1. The average molecular weight is 283 g/mol. The summed E-state index contributed by atoms with van der Waals surface area (Å²) in [6.07, 6.45) is 0. The Labute approximate surface area is 126 Å². The molecular weight excluding hydrogens is 262 g/mol. The molecule has 3 nitrogen and oxygen atoms in total. The molecule has 0 saturated heterocycles. The number of hydrogen-bond donors (Lipinski definition) is 0. The topological polar surface area (TPSA) is 29.5 Å². The first-order valence-corrected chi connectivity index (χ1v) is 7.24. The number of hydrogen-bond acceptors (Lipinski definition) is 3. The van der Waals surface area contributed by atoms with Gasteiger partial charge in [-0.15, -0.1) is 0 Å². The Morgan fingerprint density at radius 3 is 2.52 bits per heavy atom. The molecule has 0 aliphatic rings. The Bertz CT molecular complexity index is 581. The highest BCUT2D eigenvalue weighted by molar-refractivity contribution is 5.89. The van der Waals surface area contributed by atoms with Crippen LogP contribution in [0.25, 0.3) is 0 Å². The third kappa shape index (κ3) is 4.35. The molecule has 0 fully saturated rings. The van der Waals surface area contributed by atoms with Crippen LogP contribution in [0.1, 0.15) is 22.8 Å². The van der Waals surface area contributed by atoms with E-state index >= 15 is 0 Å². The average Bonchev–Trinajstić information content (AvgIpc) is 2.52. The molecule has 0 atom stereocenters. The minimum absolute atomic E-state index is 0.261. The largest absolute Gasteiger partial charge is 0.460 e. The van der Waals surface area contributed by atoms with Gasteiger partial charge in [0.1, 0.15) is 6.61 Å². The minimum atomic E-state index is -0.261. The lowest BCUT2D eigenvalue weighted by Gasteiger charge is -2.22. The molecule has 3 heteroatoms. The molecule has 0 radical (unpaired) electrons. The van der Waals surface area contributed by atoms with E-state index in [0.717, 1.165) is 17.8 Å². The van der Waals surface area contributed by atoms with E-state index in [2.05, 4.69) is 24.0 Å². The fraction of sp³-hybridized carbons (Fsp3) is 0.278. The van der Waals surface area contributed by atoms with Crippen molar-refractivity contribution < 1.29 is 9.53 Å². The molecule has 0 aliphatic carbocycles. The number of rotatable bonds is 6. The fourth-order valence-corrected chi connectivity index (χ4v) is 2.21. The number of para-hydroxylation sites is 1. The standard InChI is InChI=1S/C18H21NO2/c1-3-19(17-10-5-4-6-11-17)12-13-21-18(20)16-9-7-8-15(2)14-16/h4-11,14H,3,12-13H2,1-2H3. The number of carbonyl (C=O) groups is 1. The van der Waals surface area contributed by atoms with Crippen LogP contribution in [-0.4, -0.2) is 25.7 Å². The third-order valence-electron chi connectivity index (χ3n) is 3.35. The molecular formula is C18H21NO2. The maximum Gasteiger partial charge on any atom is 0.338 e. The van der Waals surface area contributed by atoms with E-state index in [1.165, 1.54) is 0 Å². The van der Waals surface area contributed by atoms with Gasteiger partial charge in [0.2, 0.25) is 0 Å². The Morgan fingerprint density at radius 2 is 1.86 bits per heavy atom. The van der Waals surface area contributed by atoms with Gasteiger partial charge >= 0.3 is 5.97 Å². The van der Waals surface area contributed by atoms with Crippen molar-refractivity contribution in [2.24, 2.45) is 0 Å². The van der Waals surface area contributed by atoms with Crippen LogP contribution in [-0.2, 0) is 4.74 Å². The molecule has 2 aromatic rings. The van der Waals surface area contributed by atoms with Gasteiger partial charge in [-0.05, 0) is 38.1 Å². The van der Waals surface area contributed by atoms with Gasteiger partial charge in [-0.2, -0.15) is 0 Å². The molecule has 0 saturated carbocycles. The fourth-order valence-electron chi connectivity index (χ4n) is 2.21. The van der Waals surface area contributed by atoms with Crippen molar-refractivity contribution in [1.29, 1.82) is 0 Å². The Hall–Kier alpha value is -2.29. The van der Waals surface area contributed by atoms with E-state index in [1.807, 2.05) is 43.3 Å². The molecule has 2 rings (SSSR count). The van der Waals surface area contributed by atoms with Crippen LogP contribution in [0.15, 0.2) is 54.6 Å². The van der Waals surface area contributed by atoms with Crippen LogP contribution in [0.2, 0.25) is 0 Å². The molecule has 0 bridgehead atoms. The zero-order valence-electron chi connectivity index (χ0n) is 12.6. The van der Waals surface area contributed by atoms with Gasteiger partial charge in [-0.3, -0.25) is 0 Å². The summed E-state index contributed by atoms with van der Waals surface area (Å²) in [6.45, 7) is 6.01. The predicted molar refractivity (Wildman–Crippen MR) is 85.8 cm³/mol. The highest BCUT2D eigenvalue weighted by atomic mass is 16.5. The van der Waals surface area contributed by atoms with Crippen LogP contribution < -0.4 is 4.90 Å². The first-order chi connectivity index (χ1) is 10.2. The summed E-state index contributed by atoms with van der Waals surface area (Å²) in [6, 6.07) is 17.6. The SMILES string of the molecule is CCN(CCOC(=O)c1cccc(C)c1)c1ccccc1. The van der Waals surface area contributed by atoms with E-state index in [-0.39, 0.29) is 5.97 Å². The lowest BCUT2D eigenvalue weighted by molar-refractivity contribution is 0.0515. The number of carbonyl (C=O) groups excluding carboxylic acids is 1. The second-order valence-corrected chi connectivity index (χ2v) is 4.92. The summed E-state index contributed by atoms with van der Waals surface area (Å²) in [4.78, 5) is 14.1. The number of benzene rings is 2.